The molecule has 0 aliphatic heterocycles. The number of alkyl halides is 4. The van der Waals surface area contributed by atoms with Crippen molar-refractivity contribution in [1.82, 2.24) is 0 Å². The number of hydrogen-bond donors (Lipinski definition) is 1. The van der Waals surface area contributed by atoms with Crippen LogP contribution in [0, 0.1) is 0 Å². The molecule has 66 valence electrons. The topological polar surface area (TPSA) is 37.3 Å². The van der Waals surface area contributed by atoms with Crippen LogP contribution in [0.4, 0.5) is 13.2 Å². The van der Waals surface area contributed by atoms with Gasteiger partial charge in [0.25, 0.3) is 0 Å². The van der Waals surface area contributed by atoms with E-state index in [1.807, 2.05) is 0 Å². The van der Waals surface area contributed by atoms with E-state index in [2.05, 4.69) is 15.9 Å². The molecule has 0 heterocycles. The fraction of sp³-hybridized carbons (Fsp3) is 0.800. The molecule has 0 saturated heterocycles. The van der Waals surface area contributed by atoms with E-state index < -0.39 is 29.8 Å². The SMILES string of the molecule is O=C(O)[C@@H](Br)CCC(F)(F)F. The Balaban J connectivity index is 3.63. The second-order valence-corrected chi connectivity index (χ2v) is 3.06. The summed E-state index contributed by atoms with van der Waals surface area (Å²) in [5.74, 6) is -1.27. The van der Waals surface area contributed by atoms with E-state index >= 15 is 0 Å². The molecule has 0 aliphatic carbocycles. The van der Waals surface area contributed by atoms with E-state index in [0.29, 0.717) is 0 Å². The largest absolute Gasteiger partial charge is 0.480 e. The van der Waals surface area contributed by atoms with Crippen LogP contribution in [-0.2, 0) is 4.79 Å². The second kappa shape index (κ2) is 3.94. The predicted octanol–water partition coefficient (Wildman–Crippen LogP) is 2.18. The quantitative estimate of drug-likeness (QED) is 0.761. The molecule has 6 heteroatoms. The lowest BCUT2D eigenvalue weighted by Crippen LogP contribution is -2.17. The third-order valence-corrected chi connectivity index (χ3v) is 1.80. The van der Waals surface area contributed by atoms with Gasteiger partial charge in [0.05, 0.1) is 0 Å². The minimum atomic E-state index is -4.28. The summed E-state index contributed by atoms with van der Waals surface area (Å²) in [6, 6.07) is 0. The molecule has 11 heavy (non-hydrogen) atoms. The van der Waals surface area contributed by atoms with Crippen LogP contribution in [-0.4, -0.2) is 22.1 Å². The van der Waals surface area contributed by atoms with Crippen LogP contribution in [0.5, 0.6) is 0 Å². The lowest BCUT2D eigenvalue weighted by atomic mass is 10.2. The van der Waals surface area contributed by atoms with Gasteiger partial charge in [-0.2, -0.15) is 13.2 Å². The number of rotatable bonds is 3. The maximum atomic E-state index is 11.5. The summed E-state index contributed by atoms with van der Waals surface area (Å²) >= 11 is 2.60. The van der Waals surface area contributed by atoms with Gasteiger partial charge in [-0.1, -0.05) is 15.9 Å². The normalized spacial score (nSPS) is 14.5. The summed E-state index contributed by atoms with van der Waals surface area (Å²) in [4.78, 5) is 8.89. The van der Waals surface area contributed by atoms with Crippen molar-refractivity contribution in [2.45, 2.75) is 23.8 Å². The van der Waals surface area contributed by atoms with E-state index in [-0.39, 0.29) is 0 Å². The number of halogens is 4. The number of aliphatic carboxylic acids is 1. The first kappa shape index (κ1) is 10.7. The van der Waals surface area contributed by atoms with Gasteiger partial charge in [-0.3, -0.25) is 4.79 Å². The van der Waals surface area contributed by atoms with Gasteiger partial charge in [0.15, 0.2) is 0 Å². The predicted molar refractivity (Wildman–Crippen MR) is 35.6 cm³/mol. The first-order chi connectivity index (χ1) is 4.83. The zero-order chi connectivity index (χ0) is 9.07. The van der Waals surface area contributed by atoms with Gasteiger partial charge >= 0.3 is 12.1 Å². The van der Waals surface area contributed by atoms with Crippen molar-refractivity contribution in [2.75, 3.05) is 0 Å². The molecule has 0 radical (unpaired) electrons. The summed E-state index contributed by atoms with van der Waals surface area (Å²) in [7, 11) is 0. The number of hydrogen-bond acceptors (Lipinski definition) is 1. The van der Waals surface area contributed by atoms with E-state index in [1.54, 1.807) is 0 Å². The number of carboxylic acids is 1. The average molecular weight is 235 g/mol. The van der Waals surface area contributed by atoms with Crippen LogP contribution in [0.1, 0.15) is 12.8 Å². The van der Waals surface area contributed by atoms with E-state index in [4.69, 9.17) is 5.11 Å². The third kappa shape index (κ3) is 6.15. The maximum Gasteiger partial charge on any atom is 0.389 e. The molecule has 2 nitrogen and oxygen atoms in total. The summed E-state index contributed by atoms with van der Waals surface area (Å²) < 4.78 is 34.4. The van der Waals surface area contributed by atoms with E-state index in [9.17, 15) is 18.0 Å². The van der Waals surface area contributed by atoms with Crippen LogP contribution < -0.4 is 0 Å². The average Bonchev–Trinajstić information content (AvgIpc) is 1.80. The van der Waals surface area contributed by atoms with E-state index in [0.717, 1.165) is 0 Å². The van der Waals surface area contributed by atoms with Crippen molar-refractivity contribution in [1.29, 1.82) is 0 Å². The van der Waals surface area contributed by atoms with Crippen molar-refractivity contribution in [3.8, 4) is 0 Å². The van der Waals surface area contributed by atoms with Crippen molar-refractivity contribution in [2.24, 2.45) is 0 Å². The van der Waals surface area contributed by atoms with E-state index in [1.165, 1.54) is 0 Å². The molecule has 0 spiro atoms. The highest BCUT2D eigenvalue weighted by molar-refractivity contribution is 9.10. The Morgan fingerprint density at radius 3 is 2.27 bits per heavy atom. The lowest BCUT2D eigenvalue weighted by Gasteiger charge is -2.06. The van der Waals surface area contributed by atoms with Crippen molar-refractivity contribution >= 4 is 21.9 Å². The summed E-state index contributed by atoms with van der Waals surface area (Å²) in [5.41, 5.74) is 0. The van der Waals surface area contributed by atoms with Gasteiger partial charge < -0.3 is 5.11 Å². The summed E-state index contributed by atoms with van der Waals surface area (Å²) in [5, 5.41) is 8.16. The molecule has 0 aliphatic rings. The van der Waals surface area contributed by atoms with Crippen molar-refractivity contribution < 1.29 is 23.1 Å². The van der Waals surface area contributed by atoms with Crippen molar-refractivity contribution in [3.63, 3.8) is 0 Å². The molecule has 0 rings (SSSR count). The molecule has 0 aromatic rings. The Morgan fingerprint density at radius 1 is 1.55 bits per heavy atom. The van der Waals surface area contributed by atoms with Crippen LogP contribution in [0.2, 0.25) is 0 Å². The Hall–Kier alpha value is -0.260. The van der Waals surface area contributed by atoms with Crippen LogP contribution in [0.25, 0.3) is 0 Å². The smallest absolute Gasteiger partial charge is 0.389 e. The van der Waals surface area contributed by atoms with Crippen LogP contribution >= 0.6 is 15.9 Å². The number of carboxylic acid groups (broad SMARTS) is 1. The third-order valence-electron chi connectivity index (χ3n) is 0.949. The molecule has 0 bridgehead atoms. The molecular formula is C5H6BrF3O2. The molecule has 1 atom stereocenters. The van der Waals surface area contributed by atoms with Crippen molar-refractivity contribution in [3.05, 3.63) is 0 Å². The van der Waals surface area contributed by atoms with Gasteiger partial charge in [-0.05, 0) is 6.42 Å². The highest BCUT2D eigenvalue weighted by Crippen LogP contribution is 2.24. The monoisotopic (exact) mass is 234 g/mol. The number of carbonyl (C=O) groups is 1. The fourth-order valence-electron chi connectivity index (χ4n) is 0.414. The Morgan fingerprint density at radius 2 is 2.00 bits per heavy atom. The molecule has 0 aromatic carbocycles. The molecule has 0 aromatic heterocycles. The minimum absolute atomic E-state index is 0.432. The first-order valence-corrected chi connectivity index (χ1v) is 3.68. The van der Waals surface area contributed by atoms with Gasteiger partial charge in [0.2, 0.25) is 0 Å². The van der Waals surface area contributed by atoms with Gasteiger partial charge in [0, 0.05) is 6.42 Å². The highest BCUT2D eigenvalue weighted by atomic mass is 79.9. The lowest BCUT2D eigenvalue weighted by molar-refractivity contribution is -0.142. The maximum absolute atomic E-state index is 11.5. The van der Waals surface area contributed by atoms with Crippen LogP contribution in [0.15, 0.2) is 0 Å². The molecule has 0 amide bonds. The zero-order valence-corrected chi connectivity index (χ0v) is 6.94. The van der Waals surface area contributed by atoms with Gasteiger partial charge in [-0.15, -0.1) is 0 Å². The van der Waals surface area contributed by atoms with Gasteiger partial charge in [-0.25, -0.2) is 0 Å². The van der Waals surface area contributed by atoms with Gasteiger partial charge in [0.1, 0.15) is 4.83 Å². The second-order valence-electron chi connectivity index (χ2n) is 1.96. The highest BCUT2D eigenvalue weighted by Gasteiger charge is 2.29. The zero-order valence-electron chi connectivity index (χ0n) is 5.36. The standard InChI is InChI=1S/C5H6BrF3O2/c6-3(4(10)11)1-2-5(7,8)9/h3H,1-2H2,(H,10,11)/t3-/m0/s1. The molecule has 1 N–H and O–H groups in total. The molecule has 0 fully saturated rings. The molecular weight excluding hydrogens is 229 g/mol. The minimum Gasteiger partial charge on any atom is -0.480 e. The molecule has 0 saturated carbocycles. The Kier molecular flexibility index (Phi) is 3.85. The fourth-order valence-corrected chi connectivity index (χ4v) is 0.643. The summed E-state index contributed by atoms with van der Waals surface area (Å²) in [6.07, 6.45) is -5.78. The summed E-state index contributed by atoms with van der Waals surface area (Å²) in [6.45, 7) is 0. The van der Waals surface area contributed by atoms with Crippen LogP contribution in [0.3, 0.4) is 0 Å². The Labute approximate surface area is 69.5 Å². The Bertz CT molecular complexity index is 145. The first-order valence-electron chi connectivity index (χ1n) is 2.76. The molecule has 0 unspecified atom stereocenters.